The van der Waals surface area contributed by atoms with Gasteiger partial charge in [-0.05, 0) is 67.3 Å². The molecule has 2 aliphatic rings. The van der Waals surface area contributed by atoms with E-state index in [-0.39, 0.29) is 11.8 Å². The molecule has 2 aliphatic heterocycles. The molecule has 166 valence electrons. The van der Waals surface area contributed by atoms with Crippen molar-refractivity contribution >= 4 is 38.9 Å². The molecule has 1 aromatic heterocycles. The van der Waals surface area contributed by atoms with E-state index >= 15 is 0 Å². The number of anilines is 1. The number of fused-ring (bicyclic) bond motifs is 1. The Labute approximate surface area is 187 Å². The fourth-order valence-electron chi connectivity index (χ4n) is 4.14. The quantitative estimate of drug-likeness (QED) is 0.642. The molecule has 0 unspecified atom stereocenters. The zero-order valence-electron chi connectivity index (χ0n) is 17.4. The number of carbonyl (C=O) groups is 2. The summed E-state index contributed by atoms with van der Waals surface area (Å²) in [6.45, 7) is 2.22. The van der Waals surface area contributed by atoms with Crippen molar-refractivity contribution in [3.05, 3.63) is 46.2 Å². The molecule has 1 N–H and O–H groups in total. The number of benzene rings is 1. The molecule has 9 heteroatoms. The van der Waals surface area contributed by atoms with Crippen LogP contribution in [0.2, 0.25) is 0 Å². The first-order valence-electron chi connectivity index (χ1n) is 10.7. The fraction of sp³-hybridized carbons (Fsp3) is 0.455. The van der Waals surface area contributed by atoms with Crippen molar-refractivity contribution in [2.24, 2.45) is 0 Å². The number of thiophene rings is 1. The van der Waals surface area contributed by atoms with Crippen LogP contribution in [0.25, 0.3) is 0 Å². The zero-order valence-corrected chi connectivity index (χ0v) is 19.0. The molecule has 2 amide bonds. The molecular formula is C22H27N3O4S2. The predicted molar refractivity (Wildman–Crippen MR) is 121 cm³/mol. The third-order valence-corrected chi connectivity index (χ3v) is 8.39. The number of sulfonamides is 1. The van der Waals surface area contributed by atoms with E-state index in [2.05, 4.69) is 5.32 Å². The minimum Gasteiger partial charge on any atom is -0.352 e. The highest BCUT2D eigenvalue weighted by atomic mass is 32.2. The summed E-state index contributed by atoms with van der Waals surface area (Å²) in [4.78, 5) is 26.9. The van der Waals surface area contributed by atoms with Crippen molar-refractivity contribution in [1.29, 1.82) is 0 Å². The maximum Gasteiger partial charge on any atom is 0.252 e. The van der Waals surface area contributed by atoms with E-state index < -0.39 is 10.0 Å². The van der Waals surface area contributed by atoms with Crippen LogP contribution in [0.4, 0.5) is 5.69 Å². The Morgan fingerprint density at radius 2 is 1.87 bits per heavy atom. The van der Waals surface area contributed by atoms with Gasteiger partial charge in [0, 0.05) is 49.2 Å². The Hall–Kier alpha value is -2.23. The van der Waals surface area contributed by atoms with Gasteiger partial charge in [-0.1, -0.05) is 0 Å². The van der Waals surface area contributed by atoms with Crippen LogP contribution in [0.15, 0.2) is 39.9 Å². The Morgan fingerprint density at radius 3 is 2.61 bits per heavy atom. The molecule has 2 aromatic rings. The third kappa shape index (κ3) is 4.83. The van der Waals surface area contributed by atoms with E-state index in [4.69, 9.17) is 0 Å². The second-order valence-corrected chi connectivity index (χ2v) is 10.6. The zero-order chi connectivity index (χ0) is 21.8. The molecule has 0 saturated carbocycles. The first kappa shape index (κ1) is 22.0. The van der Waals surface area contributed by atoms with Crippen molar-refractivity contribution < 1.29 is 18.0 Å². The molecule has 0 bridgehead atoms. The number of nitrogens with one attached hydrogen (secondary N) is 1. The predicted octanol–water partition coefficient (Wildman–Crippen LogP) is 3.02. The van der Waals surface area contributed by atoms with Crippen LogP contribution in [0.5, 0.6) is 0 Å². The summed E-state index contributed by atoms with van der Waals surface area (Å²) in [7, 11) is -3.46. The third-order valence-electron chi connectivity index (χ3n) is 5.81. The maximum absolute atomic E-state index is 12.9. The molecule has 31 heavy (non-hydrogen) atoms. The van der Waals surface area contributed by atoms with E-state index in [1.165, 1.54) is 11.3 Å². The summed E-state index contributed by atoms with van der Waals surface area (Å²) < 4.78 is 27.3. The van der Waals surface area contributed by atoms with Gasteiger partial charge in [0.2, 0.25) is 15.9 Å². The van der Waals surface area contributed by atoms with Crippen molar-refractivity contribution in [3.8, 4) is 0 Å². The Morgan fingerprint density at radius 1 is 1.06 bits per heavy atom. The lowest BCUT2D eigenvalue weighted by atomic mass is 10.0. The Bertz CT molecular complexity index is 1040. The number of aryl methyl sites for hydroxylation is 1. The second kappa shape index (κ2) is 9.50. The van der Waals surface area contributed by atoms with Gasteiger partial charge in [0.1, 0.15) is 0 Å². The van der Waals surface area contributed by atoms with Crippen molar-refractivity contribution in [3.63, 3.8) is 0 Å². The summed E-state index contributed by atoms with van der Waals surface area (Å²) in [5, 5.41) is 6.49. The monoisotopic (exact) mass is 461 g/mol. The molecule has 0 atom stereocenters. The molecule has 0 radical (unpaired) electrons. The topological polar surface area (TPSA) is 86.8 Å². The lowest BCUT2D eigenvalue weighted by Crippen LogP contribution is -2.36. The molecule has 4 rings (SSSR count). The normalized spacial score (nSPS) is 16.8. The van der Waals surface area contributed by atoms with Crippen LogP contribution in [-0.2, 0) is 21.2 Å². The van der Waals surface area contributed by atoms with Crippen LogP contribution in [-0.4, -0.2) is 50.7 Å². The van der Waals surface area contributed by atoms with Gasteiger partial charge in [-0.3, -0.25) is 9.59 Å². The molecule has 0 spiro atoms. The lowest BCUT2D eigenvalue weighted by molar-refractivity contribution is -0.118. The summed E-state index contributed by atoms with van der Waals surface area (Å²) >= 11 is 1.47. The highest BCUT2D eigenvalue weighted by Crippen LogP contribution is 2.31. The van der Waals surface area contributed by atoms with Gasteiger partial charge in [-0.25, -0.2) is 8.42 Å². The van der Waals surface area contributed by atoms with Gasteiger partial charge in [-0.2, -0.15) is 15.6 Å². The number of nitrogens with zero attached hydrogens (tertiary/aromatic N) is 2. The SMILES string of the molecule is O=C(NCCCC(=O)N1CCCc2cc(S(=O)(=O)N3CCCC3)ccc21)c1ccsc1. The fourth-order valence-corrected chi connectivity index (χ4v) is 6.35. The average molecular weight is 462 g/mol. The molecular weight excluding hydrogens is 434 g/mol. The maximum atomic E-state index is 12.9. The number of hydrogen-bond acceptors (Lipinski definition) is 5. The first-order chi connectivity index (χ1) is 15.0. The number of hydrogen-bond donors (Lipinski definition) is 1. The van der Waals surface area contributed by atoms with Gasteiger partial charge in [0.25, 0.3) is 5.91 Å². The van der Waals surface area contributed by atoms with Crippen LogP contribution < -0.4 is 10.2 Å². The molecule has 3 heterocycles. The Balaban J connectivity index is 1.37. The molecule has 1 fully saturated rings. The van der Waals surface area contributed by atoms with E-state index in [1.54, 1.807) is 38.9 Å². The van der Waals surface area contributed by atoms with E-state index in [0.29, 0.717) is 49.5 Å². The summed E-state index contributed by atoms with van der Waals surface area (Å²) in [6, 6.07) is 6.91. The molecule has 1 aromatic carbocycles. The molecule has 0 aliphatic carbocycles. The minimum absolute atomic E-state index is 0.000817. The smallest absolute Gasteiger partial charge is 0.252 e. The van der Waals surface area contributed by atoms with E-state index in [1.807, 2.05) is 5.38 Å². The summed E-state index contributed by atoms with van der Waals surface area (Å²) in [5.74, 6) is -0.121. The number of carbonyl (C=O) groups excluding carboxylic acids is 2. The first-order valence-corrected chi connectivity index (χ1v) is 13.1. The summed E-state index contributed by atoms with van der Waals surface area (Å²) in [6.07, 6.45) is 4.26. The van der Waals surface area contributed by atoms with Crippen molar-refractivity contribution in [2.75, 3.05) is 31.1 Å². The Kier molecular flexibility index (Phi) is 6.74. The second-order valence-electron chi connectivity index (χ2n) is 7.92. The van der Waals surface area contributed by atoms with E-state index in [9.17, 15) is 18.0 Å². The van der Waals surface area contributed by atoms with Gasteiger partial charge in [0.05, 0.1) is 4.90 Å². The van der Waals surface area contributed by atoms with Crippen LogP contribution in [0.1, 0.15) is 48.0 Å². The summed E-state index contributed by atoms with van der Waals surface area (Å²) in [5.41, 5.74) is 2.35. The van der Waals surface area contributed by atoms with Crippen molar-refractivity contribution in [1.82, 2.24) is 9.62 Å². The number of rotatable bonds is 7. The average Bonchev–Trinajstić information content (AvgIpc) is 3.50. The lowest BCUT2D eigenvalue weighted by Gasteiger charge is -2.30. The number of amides is 2. The van der Waals surface area contributed by atoms with Crippen LogP contribution in [0.3, 0.4) is 0 Å². The standard InChI is InChI=1S/C22H27N3O4S2/c26-21(6-3-10-23-22(27)18-9-14-30-16-18)25-13-4-5-17-15-19(7-8-20(17)25)31(28,29)24-11-1-2-12-24/h7-9,14-16H,1-6,10-13H2,(H,23,27). The van der Waals surface area contributed by atoms with Crippen molar-refractivity contribution in [2.45, 2.75) is 43.4 Å². The van der Waals surface area contributed by atoms with E-state index in [0.717, 1.165) is 36.9 Å². The van der Waals surface area contributed by atoms with Gasteiger partial charge in [-0.15, -0.1) is 0 Å². The van der Waals surface area contributed by atoms with Gasteiger partial charge < -0.3 is 10.2 Å². The van der Waals surface area contributed by atoms with Crippen LogP contribution in [0, 0.1) is 0 Å². The van der Waals surface area contributed by atoms with Crippen LogP contribution >= 0.6 is 11.3 Å². The van der Waals surface area contributed by atoms with Gasteiger partial charge in [0.15, 0.2) is 0 Å². The highest BCUT2D eigenvalue weighted by molar-refractivity contribution is 7.89. The minimum atomic E-state index is -3.46. The molecule has 1 saturated heterocycles. The molecule has 7 nitrogen and oxygen atoms in total. The highest BCUT2D eigenvalue weighted by Gasteiger charge is 2.29. The largest absolute Gasteiger partial charge is 0.352 e. The van der Waals surface area contributed by atoms with Gasteiger partial charge >= 0.3 is 0 Å².